The number of aliphatic hydroxyl groups is 1. The number of rotatable bonds is 3. The molecule has 0 spiro atoms. The van der Waals surface area contributed by atoms with Crippen LogP contribution in [0.1, 0.15) is 0 Å². The van der Waals surface area contributed by atoms with Crippen molar-refractivity contribution < 1.29 is 24.9 Å². The lowest BCUT2D eigenvalue weighted by Gasteiger charge is -2.14. The van der Waals surface area contributed by atoms with Crippen LogP contribution in [0, 0.1) is 5.92 Å². The van der Waals surface area contributed by atoms with Gasteiger partial charge in [-0.1, -0.05) is 0 Å². The average molecular weight is 132 g/mol. The SMILES string of the molecule is O=C([O-])C(CO)C(=O)[O-]. The van der Waals surface area contributed by atoms with Crippen LogP contribution in [0.25, 0.3) is 0 Å². The predicted molar refractivity (Wildman–Crippen MR) is 20.6 cm³/mol. The number of aliphatic hydroxyl groups excluding tert-OH is 1. The summed E-state index contributed by atoms with van der Waals surface area (Å²) in [5, 5.41) is 27.4. The Morgan fingerprint density at radius 2 is 1.67 bits per heavy atom. The molecule has 0 rings (SSSR count). The summed E-state index contributed by atoms with van der Waals surface area (Å²) in [6.45, 7) is -0.995. The lowest BCUT2D eigenvalue weighted by Crippen LogP contribution is -2.45. The fraction of sp³-hybridized carbons (Fsp3) is 0.500. The second-order valence-electron chi connectivity index (χ2n) is 1.37. The summed E-state index contributed by atoms with van der Waals surface area (Å²) < 4.78 is 0. The van der Waals surface area contributed by atoms with Gasteiger partial charge in [-0.2, -0.15) is 0 Å². The third-order valence-electron chi connectivity index (χ3n) is 0.752. The van der Waals surface area contributed by atoms with E-state index in [9.17, 15) is 19.8 Å². The molecular formula is C4H4O5-2. The Kier molecular flexibility index (Phi) is 2.66. The smallest absolute Gasteiger partial charge is 0.0613 e. The highest BCUT2D eigenvalue weighted by Crippen LogP contribution is 1.88. The van der Waals surface area contributed by atoms with Crippen LogP contribution in [0.3, 0.4) is 0 Å². The monoisotopic (exact) mass is 132 g/mol. The largest absolute Gasteiger partial charge is 0.549 e. The fourth-order valence-electron chi connectivity index (χ4n) is 0.245. The van der Waals surface area contributed by atoms with E-state index in [-0.39, 0.29) is 0 Å². The van der Waals surface area contributed by atoms with E-state index in [0.717, 1.165) is 0 Å². The molecule has 0 bridgehead atoms. The Morgan fingerprint density at radius 1 is 1.33 bits per heavy atom. The van der Waals surface area contributed by atoms with Crippen LogP contribution in [-0.2, 0) is 9.59 Å². The maximum absolute atomic E-state index is 9.68. The van der Waals surface area contributed by atoms with Crippen LogP contribution in [0.4, 0.5) is 0 Å². The number of hydrogen-bond acceptors (Lipinski definition) is 5. The van der Waals surface area contributed by atoms with Gasteiger partial charge < -0.3 is 24.9 Å². The van der Waals surface area contributed by atoms with Crippen LogP contribution in [0.5, 0.6) is 0 Å². The first-order chi connectivity index (χ1) is 4.09. The summed E-state index contributed by atoms with van der Waals surface area (Å²) in [6, 6.07) is 0. The molecule has 5 heteroatoms. The second kappa shape index (κ2) is 3.03. The van der Waals surface area contributed by atoms with Gasteiger partial charge in [0.15, 0.2) is 0 Å². The molecule has 0 aromatic rings. The number of aliphatic carboxylic acids is 2. The molecule has 5 nitrogen and oxygen atoms in total. The Labute approximate surface area is 50.5 Å². The van der Waals surface area contributed by atoms with Gasteiger partial charge in [0.05, 0.1) is 24.5 Å². The molecule has 1 N–H and O–H groups in total. The summed E-state index contributed by atoms with van der Waals surface area (Å²) in [4.78, 5) is 19.4. The summed E-state index contributed by atoms with van der Waals surface area (Å²) in [7, 11) is 0. The molecule has 0 atom stereocenters. The number of carbonyl (C=O) groups excluding carboxylic acids is 2. The standard InChI is InChI=1S/C4H6O5/c5-1-2(3(6)7)4(8)9/h2,5H,1H2,(H,6,7)(H,8,9)/p-2. The molecule has 0 aliphatic rings. The molecule has 0 aliphatic carbocycles. The van der Waals surface area contributed by atoms with Crippen molar-refractivity contribution in [3.63, 3.8) is 0 Å². The highest BCUT2D eigenvalue weighted by atomic mass is 16.4. The topological polar surface area (TPSA) is 100 Å². The van der Waals surface area contributed by atoms with Gasteiger partial charge in [0.25, 0.3) is 0 Å². The van der Waals surface area contributed by atoms with Crippen LogP contribution in [0.15, 0.2) is 0 Å². The lowest BCUT2D eigenvalue weighted by atomic mass is 10.2. The molecular weight excluding hydrogens is 128 g/mol. The van der Waals surface area contributed by atoms with Gasteiger partial charge >= 0.3 is 0 Å². The first-order valence-corrected chi connectivity index (χ1v) is 2.12. The van der Waals surface area contributed by atoms with Crippen LogP contribution in [0.2, 0.25) is 0 Å². The van der Waals surface area contributed by atoms with Gasteiger partial charge in [0.1, 0.15) is 0 Å². The van der Waals surface area contributed by atoms with Crippen molar-refractivity contribution in [1.82, 2.24) is 0 Å². The summed E-state index contributed by atoms with van der Waals surface area (Å²) in [6.07, 6.45) is 0. The molecule has 0 saturated carbocycles. The number of carboxylic acid groups (broad SMARTS) is 2. The molecule has 0 fully saturated rings. The Morgan fingerprint density at radius 3 is 1.67 bits per heavy atom. The molecule has 52 valence electrons. The maximum atomic E-state index is 9.68. The molecule has 0 aromatic carbocycles. The van der Waals surface area contributed by atoms with E-state index < -0.39 is 24.5 Å². The van der Waals surface area contributed by atoms with Crippen LogP contribution in [-0.4, -0.2) is 23.7 Å². The van der Waals surface area contributed by atoms with E-state index in [0.29, 0.717) is 0 Å². The quantitative estimate of drug-likeness (QED) is 0.395. The van der Waals surface area contributed by atoms with Crippen molar-refractivity contribution >= 4 is 11.9 Å². The lowest BCUT2D eigenvalue weighted by molar-refractivity contribution is -0.332. The van der Waals surface area contributed by atoms with E-state index in [1.807, 2.05) is 0 Å². The Bertz CT molecular complexity index is 115. The highest BCUT2D eigenvalue weighted by Gasteiger charge is 2.07. The van der Waals surface area contributed by atoms with Crippen molar-refractivity contribution in [2.45, 2.75) is 0 Å². The van der Waals surface area contributed by atoms with E-state index >= 15 is 0 Å². The second-order valence-corrected chi connectivity index (χ2v) is 1.37. The predicted octanol–water partition coefficient (Wildman–Crippen LogP) is -3.91. The molecule has 0 saturated heterocycles. The first kappa shape index (κ1) is 7.90. The van der Waals surface area contributed by atoms with Gasteiger partial charge in [0, 0.05) is 0 Å². The fourth-order valence-corrected chi connectivity index (χ4v) is 0.245. The minimum absolute atomic E-state index is 0.995. The summed E-state index contributed by atoms with van der Waals surface area (Å²) in [5.74, 6) is -5.58. The van der Waals surface area contributed by atoms with Crippen molar-refractivity contribution in [2.75, 3.05) is 6.61 Å². The van der Waals surface area contributed by atoms with E-state index in [2.05, 4.69) is 0 Å². The van der Waals surface area contributed by atoms with Gasteiger partial charge in [-0.25, -0.2) is 0 Å². The molecule has 0 heterocycles. The van der Waals surface area contributed by atoms with Crippen molar-refractivity contribution in [3.8, 4) is 0 Å². The van der Waals surface area contributed by atoms with Crippen molar-refractivity contribution in [1.29, 1.82) is 0 Å². The molecule has 0 amide bonds. The number of carboxylic acids is 2. The zero-order chi connectivity index (χ0) is 7.44. The minimum atomic E-state index is -1.91. The summed E-state index contributed by atoms with van der Waals surface area (Å²) in [5.41, 5.74) is 0. The average Bonchev–Trinajstić information content (AvgIpc) is 1.64. The molecule has 9 heavy (non-hydrogen) atoms. The summed E-state index contributed by atoms with van der Waals surface area (Å²) >= 11 is 0. The zero-order valence-electron chi connectivity index (χ0n) is 4.36. The molecule has 0 radical (unpaired) electrons. The minimum Gasteiger partial charge on any atom is -0.549 e. The van der Waals surface area contributed by atoms with Crippen LogP contribution >= 0.6 is 0 Å². The third kappa shape index (κ3) is 2.09. The molecule has 0 aromatic heterocycles. The number of hydrogen-bond donors (Lipinski definition) is 1. The van der Waals surface area contributed by atoms with E-state index in [1.165, 1.54) is 0 Å². The molecule has 0 unspecified atom stereocenters. The highest BCUT2D eigenvalue weighted by molar-refractivity contribution is 5.90. The van der Waals surface area contributed by atoms with Gasteiger partial charge in [-0.15, -0.1) is 0 Å². The number of carbonyl (C=O) groups is 2. The first-order valence-electron chi connectivity index (χ1n) is 2.12. The van der Waals surface area contributed by atoms with Crippen molar-refractivity contribution in [2.24, 2.45) is 5.92 Å². The normalized spacial score (nSPS) is 9.56. The van der Waals surface area contributed by atoms with E-state index in [4.69, 9.17) is 5.11 Å². The van der Waals surface area contributed by atoms with Gasteiger partial charge in [-0.3, -0.25) is 0 Å². The Balaban J connectivity index is 3.99. The van der Waals surface area contributed by atoms with E-state index in [1.54, 1.807) is 0 Å². The van der Waals surface area contributed by atoms with Crippen molar-refractivity contribution in [3.05, 3.63) is 0 Å². The maximum Gasteiger partial charge on any atom is 0.0613 e. The van der Waals surface area contributed by atoms with Crippen LogP contribution < -0.4 is 10.2 Å². The van der Waals surface area contributed by atoms with Gasteiger partial charge in [0.2, 0.25) is 0 Å². The van der Waals surface area contributed by atoms with Gasteiger partial charge in [-0.05, 0) is 0 Å². The molecule has 0 aliphatic heterocycles. The third-order valence-corrected chi connectivity index (χ3v) is 0.752. The zero-order valence-corrected chi connectivity index (χ0v) is 4.36. The Hall–Kier alpha value is -1.10.